The van der Waals surface area contributed by atoms with Crippen LogP contribution in [0.25, 0.3) is 0 Å². The smallest absolute Gasteiger partial charge is 0.259 e. The number of aromatic nitrogens is 1. The predicted molar refractivity (Wildman–Crippen MR) is 118 cm³/mol. The molecule has 2 amide bonds. The molecule has 0 aromatic carbocycles. The molecule has 3 heterocycles. The second-order valence-corrected chi connectivity index (χ2v) is 9.27. The van der Waals surface area contributed by atoms with Crippen molar-refractivity contribution >= 4 is 23.2 Å². The molecule has 0 bridgehead atoms. The Bertz CT molecular complexity index is 939. The van der Waals surface area contributed by atoms with Crippen molar-refractivity contribution < 1.29 is 9.59 Å². The maximum atomic E-state index is 13.1. The minimum Gasteiger partial charge on any atom is -0.352 e. The molecule has 1 saturated heterocycles. The average Bonchev–Trinajstić information content (AvgIpc) is 3.48. The van der Waals surface area contributed by atoms with Crippen LogP contribution in [0.4, 0.5) is 0 Å². The fraction of sp³-hybridized carbons (Fsp3) is 0.522. The molecule has 2 aromatic rings. The molecule has 7 heteroatoms. The zero-order chi connectivity index (χ0) is 20.9. The van der Waals surface area contributed by atoms with Crippen LogP contribution in [0.5, 0.6) is 0 Å². The standard InChI is InChI=1S/C23H29N3O3S/c27-21-19(22(28)24-11-10-18-9-6-14-30-18)15-26(17-7-2-3-8-17)16-20(21)23(29)25-12-4-1-5-13-25/h6,9,14-17H,1-5,7-8,10-13H2,(H,24,28). The Labute approximate surface area is 180 Å². The van der Waals surface area contributed by atoms with Gasteiger partial charge in [0.05, 0.1) is 0 Å². The van der Waals surface area contributed by atoms with Crippen molar-refractivity contribution in [2.75, 3.05) is 19.6 Å². The quantitative estimate of drug-likeness (QED) is 0.765. The van der Waals surface area contributed by atoms with Gasteiger partial charge in [-0.25, -0.2) is 0 Å². The van der Waals surface area contributed by atoms with Gasteiger partial charge in [-0.3, -0.25) is 14.4 Å². The van der Waals surface area contributed by atoms with E-state index in [1.54, 1.807) is 28.6 Å². The monoisotopic (exact) mass is 427 g/mol. The number of piperidine rings is 1. The number of hydrogen-bond donors (Lipinski definition) is 1. The number of rotatable bonds is 6. The van der Waals surface area contributed by atoms with E-state index in [2.05, 4.69) is 5.32 Å². The predicted octanol–water partition coefficient (Wildman–Crippen LogP) is 3.62. The summed E-state index contributed by atoms with van der Waals surface area (Å²) in [6.45, 7) is 1.82. The van der Waals surface area contributed by atoms with Crippen LogP contribution >= 0.6 is 11.3 Å². The van der Waals surface area contributed by atoms with Crippen molar-refractivity contribution in [3.8, 4) is 0 Å². The molecule has 1 N–H and O–H groups in total. The maximum Gasteiger partial charge on any atom is 0.259 e. The highest BCUT2D eigenvalue weighted by molar-refractivity contribution is 7.09. The number of nitrogens with zero attached hydrogens (tertiary/aromatic N) is 2. The number of likely N-dealkylation sites (tertiary alicyclic amines) is 1. The zero-order valence-electron chi connectivity index (χ0n) is 17.3. The van der Waals surface area contributed by atoms with Crippen molar-refractivity contribution in [1.29, 1.82) is 0 Å². The molecule has 0 spiro atoms. The summed E-state index contributed by atoms with van der Waals surface area (Å²) in [5.74, 6) is -0.628. The van der Waals surface area contributed by atoms with Crippen molar-refractivity contribution in [3.05, 3.63) is 56.1 Å². The number of pyridine rings is 1. The van der Waals surface area contributed by atoms with Crippen LogP contribution < -0.4 is 10.7 Å². The van der Waals surface area contributed by atoms with Crippen molar-refractivity contribution in [1.82, 2.24) is 14.8 Å². The largest absolute Gasteiger partial charge is 0.352 e. The van der Waals surface area contributed by atoms with E-state index < -0.39 is 11.3 Å². The fourth-order valence-electron chi connectivity index (χ4n) is 4.44. The molecule has 30 heavy (non-hydrogen) atoms. The molecular weight excluding hydrogens is 398 g/mol. The number of amides is 2. The summed E-state index contributed by atoms with van der Waals surface area (Å²) in [6.07, 6.45) is 11.4. The molecule has 1 aliphatic heterocycles. The molecular formula is C23H29N3O3S. The Morgan fingerprint density at radius 3 is 2.47 bits per heavy atom. The van der Waals surface area contributed by atoms with Gasteiger partial charge >= 0.3 is 0 Å². The van der Waals surface area contributed by atoms with Gasteiger partial charge in [-0.15, -0.1) is 11.3 Å². The van der Waals surface area contributed by atoms with E-state index in [-0.39, 0.29) is 23.1 Å². The Kier molecular flexibility index (Phi) is 6.67. The first-order valence-electron chi connectivity index (χ1n) is 11.0. The first-order valence-corrected chi connectivity index (χ1v) is 11.9. The summed E-state index contributed by atoms with van der Waals surface area (Å²) in [4.78, 5) is 42.1. The highest BCUT2D eigenvalue weighted by Gasteiger charge is 2.26. The van der Waals surface area contributed by atoms with Gasteiger partial charge in [0, 0.05) is 42.9 Å². The van der Waals surface area contributed by atoms with E-state index in [4.69, 9.17) is 0 Å². The lowest BCUT2D eigenvalue weighted by atomic mass is 10.1. The second-order valence-electron chi connectivity index (χ2n) is 8.24. The summed E-state index contributed by atoms with van der Waals surface area (Å²) < 4.78 is 1.94. The van der Waals surface area contributed by atoms with Gasteiger partial charge in [0.15, 0.2) is 0 Å². The Morgan fingerprint density at radius 1 is 1.03 bits per heavy atom. The zero-order valence-corrected chi connectivity index (χ0v) is 18.1. The molecule has 1 aliphatic carbocycles. The van der Waals surface area contributed by atoms with Crippen LogP contribution in [0.15, 0.2) is 34.7 Å². The topological polar surface area (TPSA) is 71.4 Å². The molecule has 6 nitrogen and oxygen atoms in total. The van der Waals surface area contributed by atoms with Crippen molar-refractivity contribution in [2.24, 2.45) is 0 Å². The molecule has 4 rings (SSSR count). The third-order valence-electron chi connectivity index (χ3n) is 6.15. The highest BCUT2D eigenvalue weighted by atomic mass is 32.1. The number of carbonyl (C=O) groups is 2. The number of thiophene rings is 1. The van der Waals surface area contributed by atoms with Crippen LogP contribution in [0, 0.1) is 0 Å². The lowest BCUT2D eigenvalue weighted by Crippen LogP contribution is -2.40. The van der Waals surface area contributed by atoms with E-state index in [1.165, 1.54) is 4.88 Å². The summed E-state index contributed by atoms with van der Waals surface area (Å²) in [5, 5.41) is 4.88. The van der Waals surface area contributed by atoms with Gasteiger partial charge in [-0.05, 0) is 50.0 Å². The van der Waals surface area contributed by atoms with Gasteiger partial charge in [-0.2, -0.15) is 0 Å². The number of carbonyl (C=O) groups excluding carboxylic acids is 2. The summed E-state index contributed by atoms with van der Waals surface area (Å²) in [6, 6.07) is 4.26. The third-order valence-corrected chi connectivity index (χ3v) is 7.08. The average molecular weight is 428 g/mol. The third kappa shape index (κ3) is 4.67. The Balaban J connectivity index is 1.59. The van der Waals surface area contributed by atoms with Crippen molar-refractivity contribution in [3.63, 3.8) is 0 Å². The number of nitrogens with one attached hydrogen (secondary N) is 1. The highest BCUT2D eigenvalue weighted by Crippen LogP contribution is 2.29. The molecule has 160 valence electrons. The van der Waals surface area contributed by atoms with Gasteiger partial charge in [0.1, 0.15) is 11.1 Å². The SMILES string of the molecule is O=C(NCCc1cccs1)c1cn(C2CCCC2)cc(C(=O)N2CCCCC2)c1=O. The Hall–Kier alpha value is -2.41. The first-order chi connectivity index (χ1) is 14.6. The van der Waals surface area contributed by atoms with E-state index in [1.807, 2.05) is 22.1 Å². The van der Waals surface area contributed by atoms with Crippen LogP contribution in [-0.2, 0) is 6.42 Å². The van der Waals surface area contributed by atoms with E-state index >= 15 is 0 Å². The van der Waals surface area contributed by atoms with E-state index in [0.717, 1.165) is 51.4 Å². The molecule has 0 atom stereocenters. The lowest BCUT2D eigenvalue weighted by Gasteiger charge is -2.27. The van der Waals surface area contributed by atoms with Crippen LogP contribution in [-0.4, -0.2) is 40.9 Å². The molecule has 2 aromatic heterocycles. The van der Waals surface area contributed by atoms with Crippen LogP contribution in [0.3, 0.4) is 0 Å². The van der Waals surface area contributed by atoms with Gasteiger partial charge in [-0.1, -0.05) is 18.9 Å². The van der Waals surface area contributed by atoms with Gasteiger partial charge in [0.25, 0.3) is 11.8 Å². The molecule has 0 unspecified atom stereocenters. The minimum absolute atomic E-state index is 0.0796. The molecule has 0 radical (unpaired) electrons. The summed E-state index contributed by atoms with van der Waals surface area (Å²) in [7, 11) is 0. The lowest BCUT2D eigenvalue weighted by molar-refractivity contribution is 0.0722. The fourth-order valence-corrected chi connectivity index (χ4v) is 5.15. The maximum absolute atomic E-state index is 13.1. The molecule has 2 fully saturated rings. The minimum atomic E-state index is -0.451. The molecule has 1 saturated carbocycles. The van der Waals surface area contributed by atoms with Gasteiger partial charge < -0.3 is 14.8 Å². The Morgan fingerprint density at radius 2 is 1.77 bits per heavy atom. The van der Waals surface area contributed by atoms with Crippen molar-refractivity contribution in [2.45, 2.75) is 57.4 Å². The molecule has 2 aliphatic rings. The van der Waals surface area contributed by atoms with Crippen LogP contribution in [0.2, 0.25) is 0 Å². The van der Waals surface area contributed by atoms with E-state index in [9.17, 15) is 14.4 Å². The normalized spacial score (nSPS) is 17.3. The number of hydrogen-bond acceptors (Lipinski definition) is 4. The first kappa shape index (κ1) is 20.8. The van der Waals surface area contributed by atoms with E-state index in [0.29, 0.717) is 19.6 Å². The summed E-state index contributed by atoms with van der Waals surface area (Å²) in [5.41, 5.74) is -0.237. The van der Waals surface area contributed by atoms with Crippen LogP contribution in [0.1, 0.15) is 76.6 Å². The van der Waals surface area contributed by atoms with Gasteiger partial charge in [0.2, 0.25) is 5.43 Å². The second kappa shape index (κ2) is 9.60. The summed E-state index contributed by atoms with van der Waals surface area (Å²) >= 11 is 1.65.